The summed E-state index contributed by atoms with van der Waals surface area (Å²) in [5.74, 6) is 1.61. The summed E-state index contributed by atoms with van der Waals surface area (Å²) in [4.78, 5) is 11.9. The molecule has 6 nitrogen and oxygen atoms in total. The third-order valence-corrected chi connectivity index (χ3v) is 3.85. The SMILES string of the molecule is CCc1ccc(OCC(=O)N/N=C(\C)c2ccc(OC)cc2OC)cc1. The second-order valence-corrected chi connectivity index (χ2v) is 5.58. The Hall–Kier alpha value is -3.02. The maximum atomic E-state index is 11.9. The van der Waals surface area contributed by atoms with E-state index in [2.05, 4.69) is 17.5 Å². The normalized spacial score (nSPS) is 11.0. The number of nitrogens with zero attached hydrogens (tertiary/aromatic N) is 1. The van der Waals surface area contributed by atoms with E-state index in [4.69, 9.17) is 14.2 Å². The number of amides is 1. The van der Waals surface area contributed by atoms with E-state index < -0.39 is 0 Å². The summed E-state index contributed by atoms with van der Waals surface area (Å²) < 4.78 is 16.0. The maximum absolute atomic E-state index is 11.9. The van der Waals surface area contributed by atoms with E-state index >= 15 is 0 Å². The molecule has 0 heterocycles. The van der Waals surface area contributed by atoms with Crippen LogP contribution in [0.2, 0.25) is 0 Å². The van der Waals surface area contributed by atoms with Gasteiger partial charge in [0.15, 0.2) is 6.61 Å². The van der Waals surface area contributed by atoms with E-state index in [1.54, 1.807) is 27.2 Å². The molecule has 0 saturated carbocycles. The fourth-order valence-electron chi connectivity index (χ4n) is 2.31. The standard InChI is InChI=1S/C20H24N2O4/c1-5-15-6-8-16(9-7-15)26-13-20(23)22-21-14(2)18-11-10-17(24-3)12-19(18)25-4/h6-12H,5,13H2,1-4H3,(H,22,23)/b21-14+. The van der Waals surface area contributed by atoms with Crippen molar-refractivity contribution in [3.63, 3.8) is 0 Å². The van der Waals surface area contributed by atoms with Crippen LogP contribution in [-0.2, 0) is 11.2 Å². The maximum Gasteiger partial charge on any atom is 0.277 e. The summed E-state index contributed by atoms with van der Waals surface area (Å²) >= 11 is 0. The third kappa shape index (κ3) is 5.24. The predicted octanol–water partition coefficient (Wildman–Crippen LogP) is 3.19. The van der Waals surface area contributed by atoms with Gasteiger partial charge >= 0.3 is 0 Å². The molecule has 26 heavy (non-hydrogen) atoms. The monoisotopic (exact) mass is 356 g/mol. The molecule has 0 aromatic heterocycles. The smallest absolute Gasteiger partial charge is 0.277 e. The quantitative estimate of drug-likeness (QED) is 0.583. The Bertz CT molecular complexity index is 770. The number of hydrogen-bond donors (Lipinski definition) is 1. The Morgan fingerprint density at radius 3 is 2.35 bits per heavy atom. The zero-order valence-corrected chi connectivity index (χ0v) is 15.5. The first-order chi connectivity index (χ1) is 12.6. The van der Waals surface area contributed by atoms with Crippen molar-refractivity contribution in [2.24, 2.45) is 5.10 Å². The van der Waals surface area contributed by atoms with Gasteiger partial charge in [0.1, 0.15) is 17.2 Å². The van der Waals surface area contributed by atoms with Crippen LogP contribution in [0.25, 0.3) is 0 Å². The van der Waals surface area contributed by atoms with Crippen molar-refractivity contribution in [3.8, 4) is 17.2 Å². The molecule has 2 aromatic carbocycles. The molecule has 0 aliphatic carbocycles. The first-order valence-corrected chi connectivity index (χ1v) is 8.34. The molecule has 0 atom stereocenters. The second-order valence-electron chi connectivity index (χ2n) is 5.58. The summed E-state index contributed by atoms with van der Waals surface area (Å²) in [5, 5.41) is 4.11. The van der Waals surface area contributed by atoms with Crippen molar-refractivity contribution in [1.29, 1.82) is 0 Å². The van der Waals surface area contributed by atoms with E-state index in [1.165, 1.54) is 5.56 Å². The number of carbonyl (C=O) groups excluding carboxylic acids is 1. The van der Waals surface area contributed by atoms with Crippen molar-refractivity contribution in [3.05, 3.63) is 53.6 Å². The van der Waals surface area contributed by atoms with Crippen LogP contribution in [0.1, 0.15) is 25.0 Å². The molecule has 0 saturated heterocycles. The lowest BCUT2D eigenvalue weighted by molar-refractivity contribution is -0.123. The van der Waals surface area contributed by atoms with Crippen molar-refractivity contribution in [1.82, 2.24) is 5.43 Å². The minimum absolute atomic E-state index is 0.109. The Labute approximate surface area is 153 Å². The molecule has 2 aromatic rings. The zero-order chi connectivity index (χ0) is 18.9. The number of aryl methyl sites for hydroxylation is 1. The van der Waals surface area contributed by atoms with Crippen LogP contribution in [-0.4, -0.2) is 32.4 Å². The van der Waals surface area contributed by atoms with Crippen LogP contribution in [0.3, 0.4) is 0 Å². The highest BCUT2D eigenvalue weighted by atomic mass is 16.5. The molecular weight excluding hydrogens is 332 g/mol. The van der Waals surface area contributed by atoms with Gasteiger partial charge < -0.3 is 14.2 Å². The molecule has 0 spiro atoms. The zero-order valence-electron chi connectivity index (χ0n) is 15.5. The Morgan fingerprint density at radius 1 is 1.04 bits per heavy atom. The summed E-state index contributed by atoms with van der Waals surface area (Å²) in [6.07, 6.45) is 0.962. The lowest BCUT2D eigenvalue weighted by Gasteiger charge is -2.10. The summed E-state index contributed by atoms with van der Waals surface area (Å²) in [6.45, 7) is 3.76. The van der Waals surface area contributed by atoms with Gasteiger partial charge in [-0.1, -0.05) is 19.1 Å². The molecule has 2 rings (SSSR count). The summed E-state index contributed by atoms with van der Waals surface area (Å²) in [6, 6.07) is 13.1. The Kier molecular flexibility index (Phi) is 7.02. The van der Waals surface area contributed by atoms with Gasteiger partial charge in [-0.3, -0.25) is 4.79 Å². The number of nitrogens with one attached hydrogen (secondary N) is 1. The number of hydrazone groups is 1. The second kappa shape index (κ2) is 9.46. The number of carbonyl (C=O) groups is 1. The van der Waals surface area contributed by atoms with Gasteiger partial charge in [-0.2, -0.15) is 5.10 Å². The van der Waals surface area contributed by atoms with Crippen molar-refractivity contribution in [2.45, 2.75) is 20.3 Å². The van der Waals surface area contributed by atoms with E-state index in [9.17, 15) is 4.79 Å². The van der Waals surface area contributed by atoms with Crippen LogP contribution >= 0.6 is 0 Å². The molecule has 1 N–H and O–H groups in total. The molecule has 0 aliphatic heterocycles. The first kappa shape index (κ1) is 19.3. The van der Waals surface area contributed by atoms with Crippen LogP contribution in [0.4, 0.5) is 0 Å². The van der Waals surface area contributed by atoms with Gasteiger partial charge in [-0.25, -0.2) is 5.43 Å². The number of rotatable bonds is 8. The average molecular weight is 356 g/mol. The molecule has 0 fully saturated rings. The Morgan fingerprint density at radius 2 is 1.73 bits per heavy atom. The summed E-state index contributed by atoms with van der Waals surface area (Å²) in [5.41, 5.74) is 5.09. The molecule has 0 radical (unpaired) electrons. The minimum Gasteiger partial charge on any atom is -0.497 e. The van der Waals surface area contributed by atoms with Crippen LogP contribution in [0.15, 0.2) is 47.6 Å². The largest absolute Gasteiger partial charge is 0.497 e. The topological polar surface area (TPSA) is 69.2 Å². The molecule has 0 aliphatic rings. The van der Waals surface area contributed by atoms with E-state index in [-0.39, 0.29) is 12.5 Å². The van der Waals surface area contributed by atoms with E-state index in [0.29, 0.717) is 23.0 Å². The minimum atomic E-state index is -0.337. The number of methoxy groups -OCH3 is 2. The third-order valence-electron chi connectivity index (χ3n) is 3.85. The molecule has 0 unspecified atom stereocenters. The van der Waals surface area contributed by atoms with Crippen LogP contribution < -0.4 is 19.6 Å². The van der Waals surface area contributed by atoms with Crippen molar-refractivity contribution < 1.29 is 19.0 Å². The molecule has 1 amide bonds. The van der Waals surface area contributed by atoms with Crippen LogP contribution in [0.5, 0.6) is 17.2 Å². The molecular formula is C20H24N2O4. The highest BCUT2D eigenvalue weighted by Crippen LogP contribution is 2.25. The van der Waals surface area contributed by atoms with Gasteiger partial charge in [-0.15, -0.1) is 0 Å². The van der Waals surface area contributed by atoms with E-state index in [0.717, 1.165) is 12.0 Å². The Balaban J connectivity index is 1.94. The lowest BCUT2D eigenvalue weighted by Crippen LogP contribution is -2.25. The lowest BCUT2D eigenvalue weighted by atomic mass is 10.1. The first-order valence-electron chi connectivity index (χ1n) is 8.34. The van der Waals surface area contributed by atoms with Gasteiger partial charge in [-0.05, 0) is 43.2 Å². The highest BCUT2D eigenvalue weighted by molar-refractivity contribution is 6.01. The van der Waals surface area contributed by atoms with Gasteiger partial charge in [0.05, 0.1) is 19.9 Å². The number of hydrogen-bond acceptors (Lipinski definition) is 5. The van der Waals surface area contributed by atoms with E-state index in [1.807, 2.05) is 36.4 Å². The molecule has 0 bridgehead atoms. The average Bonchev–Trinajstić information content (AvgIpc) is 2.70. The van der Waals surface area contributed by atoms with Crippen molar-refractivity contribution >= 4 is 11.6 Å². The summed E-state index contributed by atoms with van der Waals surface area (Å²) in [7, 11) is 3.16. The van der Waals surface area contributed by atoms with Gasteiger partial charge in [0.2, 0.25) is 0 Å². The predicted molar refractivity (Wildman–Crippen MR) is 101 cm³/mol. The fourth-order valence-corrected chi connectivity index (χ4v) is 2.31. The van der Waals surface area contributed by atoms with Crippen molar-refractivity contribution in [2.75, 3.05) is 20.8 Å². The molecule has 138 valence electrons. The molecule has 6 heteroatoms. The number of benzene rings is 2. The number of ether oxygens (including phenoxy) is 3. The van der Waals surface area contributed by atoms with Gasteiger partial charge in [0, 0.05) is 11.6 Å². The van der Waals surface area contributed by atoms with Gasteiger partial charge in [0.25, 0.3) is 5.91 Å². The van der Waals surface area contributed by atoms with Crippen LogP contribution in [0, 0.1) is 0 Å². The highest BCUT2D eigenvalue weighted by Gasteiger charge is 2.09. The fraction of sp³-hybridized carbons (Fsp3) is 0.300.